The zero-order chi connectivity index (χ0) is 23.0. The van der Waals surface area contributed by atoms with Gasteiger partial charge < -0.3 is 0 Å². The lowest BCUT2D eigenvalue weighted by atomic mass is 9.74. The standard InChI is InChI=1S/C29H57O2/c1-4-7-10-13-16-17-18-21-24-27-29(28(30)31,25-22-19-14-11-8-5-2)26-23-20-15-12-9-6-3/h4-27H2,1-3H3. The molecule has 0 aromatic rings. The maximum absolute atomic E-state index is 12.3. The zero-order valence-electron chi connectivity index (χ0n) is 21.8. The fraction of sp³-hybridized carbons (Fsp3) is 0.966. The van der Waals surface area contributed by atoms with Gasteiger partial charge in [0.1, 0.15) is 0 Å². The Hall–Kier alpha value is -0.530. The fourth-order valence-electron chi connectivity index (χ4n) is 4.94. The van der Waals surface area contributed by atoms with Gasteiger partial charge in [0.25, 0.3) is 0 Å². The van der Waals surface area contributed by atoms with Gasteiger partial charge in [0.2, 0.25) is 0 Å². The van der Waals surface area contributed by atoms with Crippen molar-refractivity contribution in [3.05, 3.63) is 0 Å². The average molecular weight is 438 g/mol. The summed E-state index contributed by atoms with van der Waals surface area (Å²) >= 11 is 0. The molecule has 0 aromatic carbocycles. The van der Waals surface area contributed by atoms with Crippen LogP contribution in [0.3, 0.4) is 0 Å². The van der Waals surface area contributed by atoms with E-state index in [0.717, 1.165) is 38.5 Å². The third-order valence-electron chi connectivity index (χ3n) is 7.21. The van der Waals surface area contributed by atoms with Gasteiger partial charge in [-0.25, -0.2) is 9.90 Å². The molecule has 2 nitrogen and oxygen atoms in total. The Balaban J connectivity index is 4.40. The van der Waals surface area contributed by atoms with E-state index in [9.17, 15) is 9.90 Å². The minimum atomic E-state index is -0.755. The van der Waals surface area contributed by atoms with Gasteiger partial charge in [0, 0.05) is 0 Å². The van der Waals surface area contributed by atoms with Crippen LogP contribution in [0.4, 0.5) is 0 Å². The topological polar surface area (TPSA) is 37.0 Å². The molecule has 0 aliphatic rings. The van der Waals surface area contributed by atoms with Crippen LogP contribution in [0.2, 0.25) is 0 Å². The second-order valence-corrected chi connectivity index (χ2v) is 10.2. The van der Waals surface area contributed by atoms with Crippen molar-refractivity contribution in [3.63, 3.8) is 0 Å². The summed E-state index contributed by atoms with van der Waals surface area (Å²) < 4.78 is 0. The lowest BCUT2D eigenvalue weighted by Gasteiger charge is -2.29. The predicted molar refractivity (Wildman–Crippen MR) is 136 cm³/mol. The van der Waals surface area contributed by atoms with Crippen molar-refractivity contribution in [2.24, 2.45) is 5.41 Å². The molecule has 0 fully saturated rings. The molecule has 185 valence electrons. The Morgan fingerprint density at radius 2 is 0.645 bits per heavy atom. The second-order valence-electron chi connectivity index (χ2n) is 10.2. The van der Waals surface area contributed by atoms with Gasteiger partial charge in [0.05, 0.1) is 5.41 Å². The van der Waals surface area contributed by atoms with E-state index < -0.39 is 11.4 Å². The summed E-state index contributed by atoms with van der Waals surface area (Å²) in [6.45, 7) is 6.75. The Bertz CT molecular complexity index is 361. The van der Waals surface area contributed by atoms with E-state index in [0.29, 0.717) is 0 Å². The van der Waals surface area contributed by atoms with Crippen molar-refractivity contribution in [1.29, 1.82) is 0 Å². The van der Waals surface area contributed by atoms with Crippen molar-refractivity contribution in [2.45, 2.75) is 175 Å². The number of rotatable bonds is 25. The molecule has 0 rings (SSSR count). The average Bonchev–Trinajstić information content (AvgIpc) is 2.76. The summed E-state index contributed by atoms with van der Waals surface area (Å²) in [5.41, 5.74) is -0.559. The molecule has 0 bridgehead atoms. The quantitative estimate of drug-likeness (QED) is 0.131. The van der Waals surface area contributed by atoms with Crippen molar-refractivity contribution in [2.75, 3.05) is 0 Å². The van der Waals surface area contributed by atoms with Crippen molar-refractivity contribution >= 4 is 5.97 Å². The molecule has 0 amide bonds. The van der Waals surface area contributed by atoms with Crippen LogP contribution >= 0.6 is 0 Å². The maximum atomic E-state index is 12.3. The minimum absolute atomic E-state index is 0.559. The Morgan fingerprint density at radius 3 is 0.871 bits per heavy atom. The van der Waals surface area contributed by atoms with Gasteiger partial charge in [-0.15, -0.1) is 0 Å². The van der Waals surface area contributed by atoms with Gasteiger partial charge >= 0.3 is 5.97 Å². The molecule has 0 aliphatic heterocycles. The maximum Gasteiger partial charge on any atom is 0.361 e. The highest BCUT2D eigenvalue weighted by Crippen LogP contribution is 2.38. The first kappa shape index (κ1) is 30.5. The highest BCUT2D eigenvalue weighted by molar-refractivity contribution is 5.74. The Labute approximate surface area is 196 Å². The number of unbranched alkanes of at least 4 members (excludes halogenated alkanes) is 18. The monoisotopic (exact) mass is 437 g/mol. The number of hydrogen-bond donors (Lipinski definition) is 0. The van der Waals surface area contributed by atoms with Gasteiger partial charge in [-0.05, 0) is 19.3 Å². The van der Waals surface area contributed by atoms with E-state index in [1.54, 1.807) is 0 Å². The number of carbonyl (C=O) groups is 1. The first-order valence-electron chi connectivity index (χ1n) is 14.3. The Morgan fingerprint density at radius 1 is 0.419 bits per heavy atom. The van der Waals surface area contributed by atoms with Crippen LogP contribution in [0, 0.1) is 5.41 Å². The molecule has 0 heterocycles. The molecule has 0 aromatic heterocycles. The molecule has 1 radical (unpaired) electrons. The number of carbonyl (C=O) groups excluding carboxylic acids is 1. The van der Waals surface area contributed by atoms with Gasteiger partial charge in [-0.3, -0.25) is 0 Å². The Kier molecular flexibility index (Phi) is 22.3. The van der Waals surface area contributed by atoms with E-state index in [-0.39, 0.29) is 0 Å². The first-order chi connectivity index (χ1) is 15.1. The molecule has 31 heavy (non-hydrogen) atoms. The summed E-state index contributed by atoms with van der Waals surface area (Å²) in [6, 6.07) is 0. The lowest BCUT2D eigenvalue weighted by molar-refractivity contribution is -0.157. The van der Waals surface area contributed by atoms with E-state index >= 15 is 0 Å². The highest BCUT2D eigenvalue weighted by atomic mass is 16.4. The van der Waals surface area contributed by atoms with Crippen LogP contribution in [-0.2, 0) is 9.90 Å². The normalized spacial score (nSPS) is 11.8. The molecule has 0 atom stereocenters. The van der Waals surface area contributed by atoms with E-state index in [1.807, 2.05) is 0 Å². The zero-order valence-corrected chi connectivity index (χ0v) is 21.8. The highest BCUT2D eigenvalue weighted by Gasteiger charge is 2.38. The third-order valence-corrected chi connectivity index (χ3v) is 7.21. The minimum Gasteiger partial charge on any atom is -0.247 e. The molecular formula is C29H57O2. The SMILES string of the molecule is CCCCCCCCCCCC(CCCCCCCC)(CCCCCCCC)C([O])=O. The van der Waals surface area contributed by atoms with Gasteiger partial charge in [-0.2, -0.15) is 0 Å². The molecule has 0 saturated heterocycles. The number of hydrogen-bond acceptors (Lipinski definition) is 1. The third kappa shape index (κ3) is 17.7. The van der Waals surface area contributed by atoms with Crippen molar-refractivity contribution < 1.29 is 9.90 Å². The van der Waals surface area contributed by atoms with Gasteiger partial charge in [-0.1, -0.05) is 156 Å². The van der Waals surface area contributed by atoms with E-state index in [4.69, 9.17) is 0 Å². The summed E-state index contributed by atoms with van der Waals surface area (Å²) in [5.74, 6) is -0.755. The van der Waals surface area contributed by atoms with E-state index in [1.165, 1.54) is 116 Å². The fourth-order valence-corrected chi connectivity index (χ4v) is 4.94. The second kappa shape index (κ2) is 22.7. The molecule has 0 N–H and O–H groups in total. The summed E-state index contributed by atoms with van der Waals surface area (Å²) in [5, 5.41) is 12.3. The molecule has 0 spiro atoms. The molecule has 0 aliphatic carbocycles. The predicted octanol–water partition coefficient (Wildman–Crippen LogP) is 10.4. The molecule has 0 unspecified atom stereocenters. The van der Waals surface area contributed by atoms with Crippen molar-refractivity contribution in [1.82, 2.24) is 0 Å². The first-order valence-corrected chi connectivity index (χ1v) is 14.3. The lowest BCUT2D eigenvalue weighted by Crippen LogP contribution is -2.30. The molecule has 0 saturated carbocycles. The smallest absolute Gasteiger partial charge is 0.247 e. The van der Waals surface area contributed by atoms with Crippen molar-refractivity contribution in [3.8, 4) is 0 Å². The van der Waals surface area contributed by atoms with Crippen LogP contribution in [-0.4, -0.2) is 5.97 Å². The summed E-state index contributed by atoms with van der Waals surface area (Å²) in [7, 11) is 0. The summed E-state index contributed by atoms with van der Waals surface area (Å²) in [4.78, 5) is 12.3. The molecular weight excluding hydrogens is 380 g/mol. The van der Waals surface area contributed by atoms with Crippen LogP contribution in [0.25, 0.3) is 0 Å². The largest absolute Gasteiger partial charge is 0.361 e. The van der Waals surface area contributed by atoms with Crippen LogP contribution < -0.4 is 0 Å². The molecule has 2 heteroatoms. The van der Waals surface area contributed by atoms with Gasteiger partial charge in [0.15, 0.2) is 0 Å². The van der Waals surface area contributed by atoms with E-state index in [2.05, 4.69) is 20.8 Å². The van der Waals surface area contributed by atoms with Crippen LogP contribution in [0.1, 0.15) is 175 Å². The summed E-state index contributed by atoms with van der Waals surface area (Å²) in [6.07, 6.45) is 28.9. The van der Waals surface area contributed by atoms with Crippen LogP contribution in [0.5, 0.6) is 0 Å². The van der Waals surface area contributed by atoms with Crippen LogP contribution in [0.15, 0.2) is 0 Å².